The molecule has 2 fully saturated rings. The minimum atomic E-state index is -0.0110. The molecular weight excluding hydrogens is 240 g/mol. The van der Waals surface area contributed by atoms with E-state index in [-0.39, 0.29) is 29.3 Å². The maximum absolute atomic E-state index is 12.4. The van der Waals surface area contributed by atoms with Crippen LogP contribution < -0.4 is 5.73 Å². The van der Waals surface area contributed by atoms with E-state index in [0.717, 1.165) is 25.7 Å². The topological polar surface area (TPSA) is 59.5 Å². The monoisotopic (exact) mass is 254 g/mol. The molecule has 1 aromatic heterocycles. The normalized spacial score (nSPS) is 31.9. The molecule has 2 aliphatic heterocycles. The van der Waals surface area contributed by atoms with Crippen LogP contribution in [0.5, 0.6) is 0 Å². The number of carbonyl (C=O) groups is 1. The summed E-state index contributed by atoms with van der Waals surface area (Å²) in [5.41, 5.74) is 6.46. The molecule has 0 radical (unpaired) electrons. The van der Waals surface area contributed by atoms with Gasteiger partial charge in [-0.1, -0.05) is 0 Å². The number of amides is 1. The summed E-state index contributed by atoms with van der Waals surface area (Å²) in [5.74, 6) is -0.0110. The Kier molecular flexibility index (Phi) is 2.64. The third-order valence-electron chi connectivity index (χ3n) is 3.85. The lowest BCUT2D eigenvalue weighted by Gasteiger charge is -2.37. The summed E-state index contributed by atoms with van der Waals surface area (Å²) in [6.45, 7) is 0. The Labute approximate surface area is 105 Å². The quantitative estimate of drug-likeness (QED) is 0.834. The Hall–Kier alpha value is -1.00. The van der Waals surface area contributed by atoms with E-state index in [0.29, 0.717) is 5.56 Å². The molecule has 2 bridgehead atoms. The number of rotatable bonds is 1. The molecular formula is C12H15ClN2O2. The Morgan fingerprint density at radius 2 is 2.06 bits per heavy atom. The van der Waals surface area contributed by atoms with Gasteiger partial charge in [0.2, 0.25) is 5.22 Å². The van der Waals surface area contributed by atoms with E-state index in [1.54, 1.807) is 6.07 Å². The minimum Gasteiger partial charge on any atom is -0.452 e. The summed E-state index contributed by atoms with van der Waals surface area (Å²) in [5, 5.41) is 0.185. The first kappa shape index (κ1) is 11.1. The molecule has 0 saturated carbocycles. The molecule has 1 amide bonds. The molecule has 2 saturated heterocycles. The average Bonchev–Trinajstić information content (AvgIpc) is 2.81. The summed E-state index contributed by atoms with van der Waals surface area (Å²) in [7, 11) is 0. The highest BCUT2D eigenvalue weighted by molar-refractivity contribution is 6.32. The predicted molar refractivity (Wildman–Crippen MR) is 63.9 cm³/mol. The van der Waals surface area contributed by atoms with Gasteiger partial charge >= 0.3 is 0 Å². The molecule has 1 aromatic rings. The van der Waals surface area contributed by atoms with Gasteiger partial charge in [-0.05, 0) is 43.4 Å². The molecule has 4 nitrogen and oxygen atoms in total. The van der Waals surface area contributed by atoms with E-state index in [9.17, 15) is 4.79 Å². The summed E-state index contributed by atoms with van der Waals surface area (Å²) < 4.78 is 4.98. The summed E-state index contributed by atoms with van der Waals surface area (Å²) in [6, 6.07) is 2.43. The van der Waals surface area contributed by atoms with Crippen LogP contribution in [0.4, 0.5) is 0 Å². The van der Waals surface area contributed by atoms with E-state index < -0.39 is 0 Å². The van der Waals surface area contributed by atoms with Crippen LogP contribution >= 0.6 is 11.6 Å². The second-order valence-electron chi connectivity index (χ2n) is 4.94. The van der Waals surface area contributed by atoms with E-state index in [1.807, 2.05) is 4.90 Å². The van der Waals surface area contributed by atoms with Crippen molar-refractivity contribution >= 4 is 17.5 Å². The highest BCUT2D eigenvalue weighted by atomic mass is 35.5. The van der Waals surface area contributed by atoms with Crippen LogP contribution in [0.15, 0.2) is 16.7 Å². The van der Waals surface area contributed by atoms with Crippen LogP contribution in [0.2, 0.25) is 5.22 Å². The van der Waals surface area contributed by atoms with Crippen molar-refractivity contribution in [1.29, 1.82) is 0 Å². The Morgan fingerprint density at radius 1 is 1.41 bits per heavy atom. The second-order valence-corrected chi connectivity index (χ2v) is 5.28. The van der Waals surface area contributed by atoms with Crippen molar-refractivity contribution in [2.45, 2.75) is 43.8 Å². The van der Waals surface area contributed by atoms with Crippen LogP contribution in [0.1, 0.15) is 36.0 Å². The Bertz CT molecular complexity index is 431. The molecule has 2 atom stereocenters. The Morgan fingerprint density at radius 3 is 2.59 bits per heavy atom. The average molecular weight is 255 g/mol. The second kappa shape index (κ2) is 4.03. The van der Waals surface area contributed by atoms with Crippen molar-refractivity contribution in [3.05, 3.63) is 23.1 Å². The molecule has 2 N–H and O–H groups in total. The van der Waals surface area contributed by atoms with Crippen molar-refractivity contribution in [2.24, 2.45) is 5.73 Å². The van der Waals surface area contributed by atoms with Gasteiger partial charge in [0.15, 0.2) is 0 Å². The zero-order valence-electron chi connectivity index (χ0n) is 9.43. The lowest BCUT2D eigenvalue weighted by atomic mass is 9.97. The van der Waals surface area contributed by atoms with Gasteiger partial charge in [0.05, 0.1) is 11.8 Å². The predicted octanol–water partition coefficient (Wildman–Crippen LogP) is 2.03. The van der Waals surface area contributed by atoms with Gasteiger partial charge in [-0.2, -0.15) is 0 Å². The van der Waals surface area contributed by atoms with Gasteiger partial charge in [-0.15, -0.1) is 0 Å². The molecule has 0 aromatic carbocycles. The van der Waals surface area contributed by atoms with E-state index in [1.165, 1.54) is 6.26 Å². The minimum absolute atomic E-state index is 0.0110. The largest absolute Gasteiger partial charge is 0.452 e. The number of hydrogen-bond donors (Lipinski definition) is 1. The van der Waals surface area contributed by atoms with Gasteiger partial charge in [-0.25, -0.2) is 0 Å². The van der Waals surface area contributed by atoms with Gasteiger partial charge in [-0.3, -0.25) is 4.79 Å². The molecule has 92 valence electrons. The fraction of sp³-hybridized carbons (Fsp3) is 0.583. The first-order chi connectivity index (χ1) is 8.16. The van der Waals surface area contributed by atoms with Crippen molar-refractivity contribution in [3.8, 4) is 0 Å². The molecule has 2 unspecified atom stereocenters. The van der Waals surface area contributed by atoms with Crippen molar-refractivity contribution < 1.29 is 9.21 Å². The molecule has 3 rings (SSSR count). The van der Waals surface area contributed by atoms with Gasteiger partial charge < -0.3 is 15.1 Å². The summed E-state index contributed by atoms with van der Waals surface area (Å²) >= 11 is 5.86. The zero-order valence-corrected chi connectivity index (χ0v) is 10.2. The molecule has 0 spiro atoms. The maximum Gasteiger partial charge on any atom is 0.259 e. The molecule has 17 heavy (non-hydrogen) atoms. The van der Waals surface area contributed by atoms with E-state index in [4.69, 9.17) is 21.8 Å². The first-order valence-corrected chi connectivity index (χ1v) is 6.36. The summed E-state index contributed by atoms with van der Waals surface area (Å²) in [6.07, 6.45) is 5.36. The lowest BCUT2D eigenvalue weighted by molar-refractivity contribution is 0.0574. The fourth-order valence-corrected chi connectivity index (χ4v) is 3.33. The molecule has 2 aliphatic rings. The van der Waals surface area contributed by atoms with Crippen molar-refractivity contribution in [2.75, 3.05) is 0 Å². The van der Waals surface area contributed by atoms with E-state index >= 15 is 0 Å². The van der Waals surface area contributed by atoms with Crippen LogP contribution in [-0.4, -0.2) is 28.9 Å². The van der Waals surface area contributed by atoms with Crippen LogP contribution in [0.3, 0.4) is 0 Å². The number of furan rings is 1. The van der Waals surface area contributed by atoms with Crippen LogP contribution in [0.25, 0.3) is 0 Å². The smallest absolute Gasteiger partial charge is 0.259 e. The molecule has 0 aliphatic carbocycles. The number of nitrogens with zero attached hydrogens (tertiary/aromatic N) is 1. The third kappa shape index (κ3) is 1.76. The zero-order chi connectivity index (χ0) is 12.0. The van der Waals surface area contributed by atoms with Gasteiger partial charge in [0.1, 0.15) is 0 Å². The highest BCUT2D eigenvalue weighted by Crippen LogP contribution is 2.37. The number of fused-ring (bicyclic) bond motifs is 2. The van der Waals surface area contributed by atoms with E-state index in [2.05, 4.69) is 0 Å². The highest BCUT2D eigenvalue weighted by Gasteiger charge is 2.43. The van der Waals surface area contributed by atoms with Gasteiger partial charge in [0, 0.05) is 18.1 Å². The standard InChI is InChI=1S/C12H15ClN2O2/c13-11-10(3-4-17-11)12(16)15-8-1-2-9(15)6-7(14)5-8/h3-4,7-9H,1-2,5-6,14H2. The number of piperidine rings is 1. The number of halogens is 1. The van der Waals surface area contributed by atoms with Crippen LogP contribution in [-0.2, 0) is 0 Å². The number of nitrogens with two attached hydrogens (primary N) is 1. The Balaban J connectivity index is 1.86. The third-order valence-corrected chi connectivity index (χ3v) is 4.15. The lowest BCUT2D eigenvalue weighted by Crippen LogP contribution is -2.50. The number of hydrogen-bond acceptors (Lipinski definition) is 3. The molecule has 3 heterocycles. The van der Waals surface area contributed by atoms with Crippen molar-refractivity contribution in [3.63, 3.8) is 0 Å². The van der Waals surface area contributed by atoms with Gasteiger partial charge in [0.25, 0.3) is 5.91 Å². The maximum atomic E-state index is 12.4. The van der Waals surface area contributed by atoms with Crippen molar-refractivity contribution in [1.82, 2.24) is 4.90 Å². The van der Waals surface area contributed by atoms with Crippen LogP contribution in [0, 0.1) is 0 Å². The SMILES string of the molecule is NC1CC2CCC(C1)N2C(=O)c1ccoc1Cl. The fourth-order valence-electron chi connectivity index (χ4n) is 3.14. The number of carbonyl (C=O) groups excluding carboxylic acids is 1. The summed E-state index contributed by atoms with van der Waals surface area (Å²) in [4.78, 5) is 14.3. The molecule has 5 heteroatoms. The first-order valence-electron chi connectivity index (χ1n) is 5.98.